The normalized spacial score (nSPS) is 14.4. The van der Waals surface area contributed by atoms with E-state index in [1.165, 1.54) is 55.7 Å². The van der Waals surface area contributed by atoms with Crippen molar-refractivity contribution in [3.63, 3.8) is 0 Å². The van der Waals surface area contributed by atoms with Crippen molar-refractivity contribution in [1.29, 1.82) is 0 Å². The molecule has 1 heterocycles. The van der Waals surface area contributed by atoms with E-state index in [1.54, 1.807) is 25.1 Å². The minimum Gasteiger partial charge on any atom is -0.493 e. The second kappa shape index (κ2) is 11.1. The van der Waals surface area contributed by atoms with Crippen LogP contribution in [-0.4, -0.2) is 37.5 Å². The van der Waals surface area contributed by atoms with Crippen LogP contribution in [0.4, 0.5) is 20.6 Å². The summed E-state index contributed by atoms with van der Waals surface area (Å²) in [6.07, 6.45) is 1.31. The van der Waals surface area contributed by atoms with E-state index in [4.69, 9.17) is 21.1 Å². The first-order valence-corrected chi connectivity index (χ1v) is 11.6. The van der Waals surface area contributed by atoms with Crippen molar-refractivity contribution < 1.29 is 33.0 Å². The Morgan fingerprint density at radius 3 is 2.50 bits per heavy atom. The third-order valence-electron chi connectivity index (χ3n) is 5.50. The fraction of sp³-hybridized carbons (Fsp3) is 0.111. The van der Waals surface area contributed by atoms with Crippen LogP contribution in [0.15, 0.2) is 66.2 Å². The van der Waals surface area contributed by atoms with E-state index in [2.05, 4.69) is 10.6 Å². The largest absolute Gasteiger partial charge is 0.493 e. The van der Waals surface area contributed by atoms with E-state index in [-0.39, 0.29) is 29.4 Å². The summed E-state index contributed by atoms with van der Waals surface area (Å²) < 4.78 is 23.9. The van der Waals surface area contributed by atoms with E-state index < -0.39 is 29.6 Å². The van der Waals surface area contributed by atoms with Crippen LogP contribution >= 0.6 is 11.6 Å². The number of ether oxygens (including phenoxy) is 2. The molecule has 0 atom stereocenters. The molecule has 38 heavy (non-hydrogen) atoms. The number of hydrogen-bond acceptors (Lipinski definition) is 6. The van der Waals surface area contributed by atoms with Gasteiger partial charge < -0.3 is 14.8 Å². The molecule has 0 radical (unpaired) electrons. The lowest BCUT2D eigenvalue weighted by Gasteiger charge is -2.27. The van der Waals surface area contributed by atoms with Crippen molar-refractivity contribution in [2.75, 3.05) is 23.9 Å². The van der Waals surface area contributed by atoms with E-state index in [0.29, 0.717) is 21.8 Å². The van der Waals surface area contributed by atoms with Crippen LogP contribution in [0.3, 0.4) is 0 Å². The topological polar surface area (TPSA) is 114 Å². The number of rotatable bonds is 7. The molecule has 2 N–H and O–H groups in total. The molecule has 0 spiro atoms. The number of imide groups is 2. The summed E-state index contributed by atoms with van der Waals surface area (Å²) in [5.74, 6) is -2.11. The van der Waals surface area contributed by atoms with Gasteiger partial charge in [-0.1, -0.05) is 23.7 Å². The predicted octanol–water partition coefficient (Wildman–Crippen LogP) is 4.48. The maximum Gasteiger partial charge on any atom is 0.335 e. The minimum absolute atomic E-state index is 0.231. The number of benzene rings is 3. The Morgan fingerprint density at radius 2 is 1.79 bits per heavy atom. The average Bonchev–Trinajstić information content (AvgIpc) is 2.88. The zero-order valence-electron chi connectivity index (χ0n) is 20.2. The van der Waals surface area contributed by atoms with Crippen molar-refractivity contribution in [2.45, 2.75) is 6.92 Å². The third kappa shape index (κ3) is 5.81. The Labute approximate surface area is 221 Å². The molecule has 0 saturated carbocycles. The second-order valence-electron chi connectivity index (χ2n) is 8.14. The number of carbonyl (C=O) groups excluding carboxylic acids is 4. The second-order valence-corrected chi connectivity index (χ2v) is 8.58. The van der Waals surface area contributed by atoms with E-state index in [0.717, 1.165) is 4.90 Å². The van der Waals surface area contributed by atoms with E-state index in [1.807, 2.05) is 0 Å². The molecule has 1 aliphatic heterocycles. The first-order chi connectivity index (χ1) is 18.2. The van der Waals surface area contributed by atoms with Gasteiger partial charge in [0.15, 0.2) is 18.1 Å². The van der Waals surface area contributed by atoms with Crippen molar-refractivity contribution in [1.82, 2.24) is 5.32 Å². The maximum absolute atomic E-state index is 13.2. The molecule has 0 unspecified atom stereocenters. The molecule has 1 aliphatic rings. The van der Waals surface area contributed by atoms with Gasteiger partial charge in [0.05, 0.1) is 12.8 Å². The van der Waals surface area contributed by atoms with Gasteiger partial charge in [-0.3, -0.25) is 19.7 Å². The van der Waals surface area contributed by atoms with Crippen molar-refractivity contribution >= 4 is 52.8 Å². The van der Waals surface area contributed by atoms with Crippen molar-refractivity contribution in [2.24, 2.45) is 0 Å². The molecule has 3 aromatic rings. The molecule has 9 nitrogen and oxygen atoms in total. The number of halogens is 2. The van der Waals surface area contributed by atoms with Crippen molar-refractivity contribution in [3.8, 4) is 11.5 Å². The van der Waals surface area contributed by atoms with E-state index >= 15 is 0 Å². The number of urea groups is 1. The first-order valence-electron chi connectivity index (χ1n) is 11.2. The number of nitrogens with one attached hydrogen (secondary N) is 2. The van der Waals surface area contributed by atoms with Crippen LogP contribution in [0, 0.1) is 12.7 Å². The van der Waals surface area contributed by atoms with Crippen LogP contribution in [0.1, 0.15) is 11.1 Å². The zero-order chi connectivity index (χ0) is 27.4. The Kier molecular flexibility index (Phi) is 7.73. The number of carbonyl (C=O) groups is 4. The number of barbiturate groups is 1. The Hall–Kier alpha value is -4.70. The SMILES string of the molecule is COc1cc(/C=C2\C(=O)NC(=O)N(c3cc(Cl)ccc3C)C2=O)ccc1OCC(=O)Nc1ccc(F)cc1. The van der Waals surface area contributed by atoms with E-state index in [9.17, 15) is 23.6 Å². The van der Waals surface area contributed by atoms with Gasteiger partial charge in [0, 0.05) is 10.7 Å². The molecule has 3 aromatic carbocycles. The smallest absolute Gasteiger partial charge is 0.335 e. The molecule has 0 bridgehead atoms. The molecule has 0 aromatic heterocycles. The van der Waals surface area contributed by atoms with Gasteiger partial charge in [-0.2, -0.15) is 0 Å². The quantitative estimate of drug-likeness (QED) is 0.339. The molecule has 0 aliphatic carbocycles. The molecule has 11 heteroatoms. The van der Waals surface area contributed by atoms with Gasteiger partial charge in [-0.25, -0.2) is 14.1 Å². The van der Waals surface area contributed by atoms with Crippen LogP contribution < -0.4 is 25.0 Å². The zero-order valence-corrected chi connectivity index (χ0v) is 21.0. The molecule has 1 saturated heterocycles. The van der Waals surface area contributed by atoms with Crippen LogP contribution in [0.2, 0.25) is 5.02 Å². The highest BCUT2D eigenvalue weighted by Gasteiger charge is 2.37. The number of amides is 5. The lowest BCUT2D eigenvalue weighted by Crippen LogP contribution is -2.54. The molecule has 194 valence electrons. The number of anilines is 2. The molecule has 1 fully saturated rings. The molecule has 4 rings (SSSR count). The summed E-state index contributed by atoms with van der Waals surface area (Å²) in [5, 5.41) is 5.06. The molecular formula is C27H21ClFN3O6. The highest BCUT2D eigenvalue weighted by molar-refractivity contribution is 6.39. The number of hydrogen-bond donors (Lipinski definition) is 2. The van der Waals surface area contributed by atoms with Crippen molar-refractivity contribution in [3.05, 3.63) is 88.2 Å². The Bertz CT molecular complexity index is 1470. The summed E-state index contributed by atoms with van der Waals surface area (Å²) in [4.78, 5) is 51.3. The third-order valence-corrected chi connectivity index (χ3v) is 5.73. The number of nitrogens with zero attached hydrogens (tertiary/aromatic N) is 1. The summed E-state index contributed by atoms with van der Waals surface area (Å²) >= 11 is 6.05. The Balaban J connectivity index is 1.53. The number of aryl methyl sites for hydroxylation is 1. The average molecular weight is 538 g/mol. The first kappa shape index (κ1) is 26.4. The minimum atomic E-state index is -0.886. The fourth-order valence-corrected chi connectivity index (χ4v) is 3.80. The van der Waals surface area contributed by atoms with Gasteiger partial charge in [0.25, 0.3) is 17.7 Å². The predicted molar refractivity (Wildman–Crippen MR) is 139 cm³/mol. The van der Waals surface area contributed by atoms with Gasteiger partial charge in [-0.15, -0.1) is 0 Å². The standard InChI is InChI=1S/C27H21ClFN3O6/c1-15-3-5-17(28)13-21(15)32-26(35)20(25(34)31-27(32)36)11-16-4-10-22(23(12-16)37-2)38-14-24(33)30-19-8-6-18(29)7-9-19/h3-13H,14H2,1-2H3,(H,30,33)(H,31,34,36)/b20-11+. The Morgan fingerprint density at radius 1 is 1.05 bits per heavy atom. The summed E-state index contributed by atoms with van der Waals surface area (Å²) in [6, 6.07) is 13.7. The summed E-state index contributed by atoms with van der Waals surface area (Å²) in [7, 11) is 1.39. The monoisotopic (exact) mass is 537 g/mol. The van der Waals surface area contributed by atoms with Gasteiger partial charge in [-0.05, 0) is 72.7 Å². The molecule has 5 amide bonds. The highest BCUT2D eigenvalue weighted by Crippen LogP contribution is 2.31. The number of methoxy groups -OCH3 is 1. The fourth-order valence-electron chi connectivity index (χ4n) is 3.63. The van der Waals surface area contributed by atoms with Gasteiger partial charge in [0.1, 0.15) is 11.4 Å². The lowest BCUT2D eigenvalue weighted by molar-refractivity contribution is -0.122. The molecular weight excluding hydrogens is 517 g/mol. The van der Waals surface area contributed by atoms with Crippen LogP contribution in [0.5, 0.6) is 11.5 Å². The van der Waals surface area contributed by atoms with Gasteiger partial charge >= 0.3 is 6.03 Å². The lowest BCUT2D eigenvalue weighted by atomic mass is 10.1. The summed E-state index contributed by atoms with van der Waals surface area (Å²) in [6.45, 7) is 1.35. The van der Waals surface area contributed by atoms with Crippen LogP contribution in [0.25, 0.3) is 6.08 Å². The highest BCUT2D eigenvalue weighted by atomic mass is 35.5. The summed E-state index contributed by atoms with van der Waals surface area (Å²) in [5.41, 5.74) is 1.39. The maximum atomic E-state index is 13.2. The van der Waals surface area contributed by atoms with Gasteiger partial charge in [0.2, 0.25) is 0 Å². The van der Waals surface area contributed by atoms with Crippen LogP contribution in [-0.2, 0) is 14.4 Å².